The van der Waals surface area contributed by atoms with Crippen molar-refractivity contribution < 1.29 is 0 Å². The summed E-state index contributed by atoms with van der Waals surface area (Å²) in [6.45, 7) is 1.91. The van der Waals surface area contributed by atoms with Crippen molar-refractivity contribution in [1.29, 1.82) is 10.8 Å². The highest BCUT2D eigenvalue weighted by Crippen LogP contribution is 2.24. The molecule has 180 valence electrons. The highest BCUT2D eigenvalue weighted by atomic mass is 14.8. The van der Waals surface area contributed by atoms with Crippen molar-refractivity contribution in [3.8, 4) is 0 Å². The molecule has 0 saturated heterocycles. The van der Waals surface area contributed by atoms with Gasteiger partial charge in [-0.2, -0.15) is 0 Å². The number of anilines is 3. The summed E-state index contributed by atoms with van der Waals surface area (Å²) in [4.78, 5) is 15.8. The highest BCUT2D eigenvalue weighted by molar-refractivity contribution is 6.13. The molecule has 36 heavy (non-hydrogen) atoms. The number of fused-ring (bicyclic) bond motifs is 8. The minimum atomic E-state index is 0.127. The molecule has 5 rings (SSSR count). The molecule has 11 heteroatoms. The standard InChI is InChI=1S/C25H25N11/c1-10-2-11(26)19-6-18(10)33-20-7-21(13(28)3-12(20)27)35-24-9-25(17(32)5-16(24)31)36-23-8-22(34-19)14(29)4-15(23)30/h2-9,30,32-33,36H,26-29,31H2,1H3. The predicted octanol–water partition coefficient (Wildman–Crippen LogP) is 2.67. The molecule has 14 N–H and O–H groups in total. The van der Waals surface area contributed by atoms with Gasteiger partial charge in [0.2, 0.25) is 0 Å². The van der Waals surface area contributed by atoms with E-state index in [0.717, 1.165) is 11.1 Å². The summed E-state index contributed by atoms with van der Waals surface area (Å²) in [5.41, 5.74) is 38.0. The van der Waals surface area contributed by atoms with Crippen LogP contribution >= 0.6 is 0 Å². The molecule has 11 nitrogen and oxygen atoms in total. The fourth-order valence-corrected chi connectivity index (χ4v) is 3.94. The summed E-state index contributed by atoms with van der Waals surface area (Å²) in [5.74, 6) is 0. The van der Waals surface area contributed by atoms with E-state index in [1.165, 1.54) is 12.2 Å². The van der Waals surface area contributed by atoms with Crippen LogP contribution in [-0.2, 0) is 0 Å². The Morgan fingerprint density at radius 1 is 0.611 bits per heavy atom. The first-order valence-corrected chi connectivity index (χ1v) is 11.0. The predicted molar refractivity (Wildman–Crippen MR) is 146 cm³/mol. The van der Waals surface area contributed by atoms with Crippen molar-refractivity contribution in [3.05, 3.63) is 76.9 Å². The maximum atomic E-state index is 8.39. The highest BCUT2D eigenvalue weighted by Gasteiger charge is 2.14. The third-order valence-electron chi connectivity index (χ3n) is 5.93. The lowest BCUT2D eigenvalue weighted by Crippen LogP contribution is -2.14. The van der Waals surface area contributed by atoms with Crippen LogP contribution in [-0.4, -0.2) is 31.4 Å². The van der Waals surface area contributed by atoms with Gasteiger partial charge >= 0.3 is 0 Å². The van der Waals surface area contributed by atoms with E-state index < -0.39 is 0 Å². The van der Waals surface area contributed by atoms with E-state index >= 15 is 0 Å². The van der Waals surface area contributed by atoms with Gasteiger partial charge in [-0.05, 0) is 61.0 Å². The average Bonchev–Trinajstić information content (AvgIpc) is 2.79. The number of aryl methyl sites for hydroxylation is 1. The van der Waals surface area contributed by atoms with Crippen molar-refractivity contribution in [2.45, 2.75) is 6.92 Å². The van der Waals surface area contributed by atoms with Crippen LogP contribution in [0.3, 0.4) is 0 Å². The minimum absolute atomic E-state index is 0.127. The number of nitrogens with two attached hydrogens (primary N) is 5. The van der Waals surface area contributed by atoms with Crippen LogP contribution in [0.1, 0.15) is 28.3 Å². The zero-order valence-corrected chi connectivity index (χ0v) is 19.4. The normalized spacial score (nSPS) is 13.6. The first-order chi connectivity index (χ1) is 17.1. The lowest BCUT2D eigenvalue weighted by Gasteiger charge is -2.13. The summed E-state index contributed by atoms with van der Waals surface area (Å²) in [6.07, 6.45) is 2.98. The lowest BCUT2D eigenvalue weighted by atomic mass is 10.1. The van der Waals surface area contributed by atoms with Crippen molar-refractivity contribution in [3.63, 3.8) is 0 Å². The van der Waals surface area contributed by atoms with Gasteiger partial charge in [-0.25, -0.2) is 9.97 Å². The first-order valence-electron chi connectivity index (χ1n) is 11.0. The van der Waals surface area contributed by atoms with Gasteiger partial charge in [0.25, 0.3) is 0 Å². The Bertz CT molecular complexity index is 1610. The number of aromatic nitrogens is 4. The Hall–Kier alpha value is -5.32. The number of H-pyrrole nitrogens is 2. The SMILES string of the molecule is Cc1cc(N)c2cc1[nH]c1cc(nc3cc([nH]c4cc(n2)C(N)=CC4=N)C(=N)C=C3N)c(N)cc1N. The Morgan fingerprint density at radius 3 is 1.67 bits per heavy atom. The largest absolute Gasteiger partial charge is 0.397 e. The van der Waals surface area contributed by atoms with Crippen molar-refractivity contribution in [1.82, 2.24) is 19.9 Å². The fraction of sp³-hybridized carbons (Fsp3) is 0.0400. The number of rotatable bonds is 0. The summed E-state index contributed by atoms with van der Waals surface area (Å²) in [5, 5.41) is 16.8. The van der Waals surface area contributed by atoms with E-state index in [-0.39, 0.29) is 11.4 Å². The molecule has 3 aromatic rings. The number of nitrogen functional groups attached to an aromatic ring is 3. The van der Waals surface area contributed by atoms with Crippen LogP contribution in [0.25, 0.3) is 33.5 Å². The number of benzene rings is 2. The molecule has 2 aliphatic rings. The number of nitrogens with one attached hydrogen (secondary N) is 4. The molecule has 0 fully saturated rings. The molecule has 0 atom stereocenters. The molecule has 0 amide bonds. The molecular weight excluding hydrogens is 454 g/mol. The topological polar surface area (TPSA) is 235 Å². The molecular formula is C25H25N11. The van der Waals surface area contributed by atoms with Crippen LogP contribution in [0.4, 0.5) is 17.1 Å². The molecule has 1 aromatic heterocycles. The van der Waals surface area contributed by atoms with Gasteiger partial charge in [-0.1, -0.05) is 0 Å². The second-order valence-electron chi connectivity index (χ2n) is 8.61. The van der Waals surface area contributed by atoms with Crippen LogP contribution in [0.5, 0.6) is 0 Å². The van der Waals surface area contributed by atoms with E-state index in [2.05, 4.69) is 19.9 Å². The Balaban J connectivity index is 2.01. The van der Waals surface area contributed by atoms with Gasteiger partial charge in [0.05, 0.1) is 79.2 Å². The second kappa shape index (κ2) is 8.17. The monoisotopic (exact) mass is 479 g/mol. The maximum Gasteiger partial charge on any atom is 0.0889 e. The maximum absolute atomic E-state index is 8.39. The lowest BCUT2D eigenvalue weighted by molar-refractivity contribution is 1.20. The summed E-state index contributed by atoms with van der Waals surface area (Å²) in [6, 6.07) is 10.2. The third-order valence-corrected chi connectivity index (χ3v) is 5.93. The van der Waals surface area contributed by atoms with Crippen molar-refractivity contribution in [2.75, 3.05) is 17.2 Å². The van der Waals surface area contributed by atoms with Crippen LogP contribution in [0, 0.1) is 17.7 Å². The average molecular weight is 480 g/mol. The zero-order valence-electron chi connectivity index (χ0n) is 19.4. The van der Waals surface area contributed by atoms with Gasteiger partial charge in [-0.15, -0.1) is 0 Å². The Morgan fingerprint density at radius 2 is 1.11 bits per heavy atom. The summed E-state index contributed by atoms with van der Waals surface area (Å²) >= 11 is 0. The quantitative estimate of drug-likeness (QED) is 0.218. The summed E-state index contributed by atoms with van der Waals surface area (Å²) in [7, 11) is 0. The van der Waals surface area contributed by atoms with Gasteiger partial charge in [0, 0.05) is 5.52 Å². The molecule has 0 spiro atoms. The number of hydrogen-bond acceptors (Lipinski definition) is 9. The van der Waals surface area contributed by atoms with Crippen LogP contribution in [0.2, 0.25) is 0 Å². The van der Waals surface area contributed by atoms with Crippen molar-refractivity contribution in [2.24, 2.45) is 11.5 Å². The van der Waals surface area contributed by atoms with E-state index in [4.69, 9.17) is 39.5 Å². The molecule has 0 radical (unpaired) electrons. The van der Waals surface area contributed by atoms with E-state index in [1.807, 2.05) is 6.92 Å². The van der Waals surface area contributed by atoms with Crippen LogP contribution in [0.15, 0.2) is 48.6 Å². The molecule has 0 unspecified atom stereocenters. The number of aromatic amines is 2. The van der Waals surface area contributed by atoms with Crippen molar-refractivity contribution >= 4 is 61.9 Å². The van der Waals surface area contributed by atoms with Crippen LogP contribution < -0.4 is 28.7 Å². The molecule has 1 heterocycles. The second-order valence-corrected chi connectivity index (χ2v) is 8.61. The van der Waals surface area contributed by atoms with Gasteiger partial charge in [-0.3, -0.25) is 10.8 Å². The number of nitrogens with zero attached hydrogens (tertiary/aromatic N) is 2. The van der Waals surface area contributed by atoms with Gasteiger partial charge in [0.15, 0.2) is 0 Å². The van der Waals surface area contributed by atoms with E-state index in [0.29, 0.717) is 67.8 Å². The first kappa shape index (κ1) is 22.5. The van der Waals surface area contributed by atoms with Gasteiger partial charge in [0.1, 0.15) is 0 Å². The van der Waals surface area contributed by atoms with E-state index in [1.54, 1.807) is 36.4 Å². The molecule has 8 bridgehead atoms. The Kier molecular flexibility index (Phi) is 5.10. The Labute approximate surface area is 205 Å². The zero-order chi connectivity index (χ0) is 25.7. The smallest absolute Gasteiger partial charge is 0.0889 e. The number of hydrogen-bond donors (Lipinski definition) is 9. The summed E-state index contributed by atoms with van der Waals surface area (Å²) < 4.78 is 0. The molecule has 0 saturated carbocycles. The van der Waals surface area contributed by atoms with Gasteiger partial charge < -0.3 is 38.6 Å². The number of allylic oxidation sites excluding steroid dienone is 2. The fourth-order valence-electron chi connectivity index (χ4n) is 3.94. The molecule has 2 aliphatic carbocycles. The minimum Gasteiger partial charge on any atom is -0.397 e. The molecule has 0 aliphatic heterocycles. The third kappa shape index (κ3) is 3.94. The molecule has 2 aromatic carbocycles. The van der Waals surface area contributed by atoms with E-state index in [9.17, 15) is 0 Å².